The fourth-order valence-electron chi connectivity index (χ4n) is 1.69. The number of rotatable bonds is 4. The van der Waals surface area contributed by atoms with Gasteiger partial charge in [0.15, 0.2) is 0 Å². The highest BCUT2D eigenvalue weighted by atomic mass is 16.4. The molecule has 1 aliphatic rings. The molecular formula is C12H14N2O2. The molecule has 0 unspecified atom stereocenters. The van der Waals surface area contributed by atoms with E-state index in [4.69, 9.17) is 5.11 Å². The van der Waals surface area contributed by atoms with E-state index in [0.717, 1.165) is 18.5 Å². The van der Waals surface area contributed by atoms with E-state index in [1.165, 1.54) is 6.20 Å². The highest BCUT2D eigenvalue weighted by molar-refractivity contribution is 5.87. The number of hydrogen-bond acceptors (Lipinski definition) is 3. The highest BCUT2D eigenvalue weighted by Gasteiger charge is 2.09. The van der Waals surface area contributed by atoms with E-state index in [0.29, 0.717) is 12.6 Å². The topological polar surface area (TPSA) is 62.2 Å². The molecule has 0 spiro atoms. The van der Waals surface area contributed by atoms with E-state index in [-0.39, 0.29) is 5.56 Å². The summed E-state index contributed by atoms with van der Waals surface area (Å²) in [5.74, 6) is -0.938. The Balaban J connectivity index is 1.87. The molecule has 2 rings (SSSR count). The minimum atomic E-state index is -0.938. The minimum absolute atomic E-state index is 0.228. The van der Waals surface area contributed by atoms with Crippen molar-refractivity contribution in [2.24, 2.45) is 0 Å². The second-order valence-corrected chi connectivity index (χ2v) is 3.86. The number of aromatic carboxylic acids is 1. The molecule has 4 nitrogen and oxygen atoms in total. The number of carboxylic acid groups (broad SMARTS) is 1. The fraction of sp³-hybridized carbons (Fsp3) is 0.333. The summed E-state index contributed by atoms with van der Waals surface area (Å²) in [7, 11) is 0. The van der Waals surface area contributed by atoms with E-state index >= 15 is 0 Å². The predicted octanol–water partition coefficient (Wildman–Crippen LogP) is 1.59. The Labute approximate surface area is 94.0 Å². The van der Waals surface area contributed by atoms with Crippen LogP contribution in [0.4, 0.5) is 0 Å². The summed E-state index contributed by atoms with van der Waals surface area (Å²) in [5, 5.41) is 12.1. The molecule has 1 aliphatic carbocycles. The summed E-state index contributed by atoms with van der Waals surface area (Å²) in [5.41, 5.74) is 1.10. The molecule has 0 radical (unpaired) electrons. The second kappa shape index (κ2) is 4.90. The molecule has 1 aromatic heterocycles. The van der Waals surface area contributed by atoms with Crippen molar-refractivity contribution in [1.29, 1.82) is 0 Å². The first-order chi connectivity index (χ1) is 7.75. The predicted molar refractivity (Wildman–Crippen MR) is 60.2 cm³/mol. The molecule has 0 saturated heterocycles. The van der Waals surface area contributed by atoms with E-state index in [1.54, 1.807) is 12.1 Å². The van der Waals surface area contributed by atoms with Crippen molar-refractivity contribution in [3.8, 4) is 0 Å². The van der Waals surface area contributed by atoms with Crippen LogP contribution < -0.4 is 5.32 Å². The number of carboxylic acids is 1. The molecule has 0 aliphatic heterocycles. The zero-order valence-corrected chi connectivity index (χ0v) is 8.89. The Morgan fingerprint density at radius 3 is 2.75 bits per heavy atom. The Hall–Kier alpha value is -1.68. The van der Waals surface area contributed by atoms with Gasteiger partial charge in [0.1, 0.15) is 0 Å². The number of carbonyl (C=O) groups is 1. The summed E-state index contributed by atoms with van der Waals surface area (Å²) >= 11 is 0. The average Bonchev–Trinajstić information content (AvgIpc) is 2.80. The average molecular weight is 218 g/mol. The Morgan fingerprint density at radius 1 is 1.44 bits per heavy atom. The number of hydrogen-bond donors (Lipinski definition) is 2. The van der Waals surface area contributed by atoms with Gasteiger partial charge in [0.25, 0.3) is 0 Å². The van der Waals surface area contributed by atoms with Crippen LogP contribution >= 0.6 is 0 Å². The molecule has 0 amide bonds. The summed E-state index contributed by atoms with van der Waals surface area (Å²) in [4.78, 5) is 14.7. The normalized spacial score (nSPS) is 15.5. The van der Waals surface area contributed by atoms with Crippen molar-refractivity contribution in [2.45, 2.75) is 25.4 Å². The Bertz CT molecular complexity index is 390. The van der Waals surface area contributed by atoms with Crippen LogP contribution in [0.15, 0.2) is 30.5 Å². The lowest BCUT2D eigenvalue weighted by atomic mass is 10.2. The number of nitrogens with zero attached hydrogens (tertiary/aromatic N) is 1. The zero-order chi connectivity index (χ0) is 11.4. The van der Waals surface area contributed by atoms with Gasteiger partial charge in [-0.3, -0.25) is 4.98 Å². The molecule has 4 heteroatoms. The van der Waals surface area contributed by atoms with E-state index in [9.17, 15) is 4.79 Å². The lowest BCUT2D eigenvalue weighted by Gasteiger charge is -2.11. The Morgan fingerprint density at radius 2 is 2.19 bits per heavy atom. The molecule has 2 N–H and O–H groups in total. The van der Waals surface area contributed by atoms with Crippen molar-refractivity contribution in [1.82, 2.24) is 10.3 Å². The maximum absolute atomic E-state index is 10.6. The third-order valence-corrected chi connectivity index (χ3v) is 2.65. The first-order valence-electron chi connectivity index (χ1n) is 5.32. The molecule has 0 bridgehead atoms. The van der Waals surface area contributed by atoms with Gasteiger partial charge in [-0.25, -0.2) is 4.79 Å². The van der Waals surface area contributed by atoms with Crippen LogP contribution in [0.25, 0.3) is 0 Å². The van der Waals surface area contributed by atoms with E-state index in [2.05, 4.69) is 22.5 Å². The van der Waals surface area contributed by atoms with Gasteiger partial charge in [-0.15, -0.1) is 0 Å². The van der Waals surface area contributed by atoms with Crippen LogP contribution in [-0.4, -0.2) is 22.1 Å². The first-order valence-corrected chi connectivity index (χ1v) is 5.32. The maximum atomic E-state index is 10.6. The third-order valence-electron chi connectivity index (χ3n) is 2.65. The van der Waals surface area contributed by atoms with Gasteiger partial charge in [-0.2, -0.15) is 0 Å². The van der Waals surface area contributed by atoms with Crippen molar-refractivity contribution >= 4 is 5.97 Å². The van der Waals surface area contributed by atoms with Crippen molar-refractivity contribution in [3.63, 3.8) is 0 Å². The quantitative estimate of drug-likeness (QED) is 0.753. The number of aromatic nitrogens is 1. The standard InChI is InChI=1S/C12H14N2O2/c15-12(16)9-5-6-11(13-7-9)8-14-10-3-1-2-4-10/h1-2,5-7,10,14H,3-4,8H2,(H,15,16). The lowest BCUT2D eigenvalue weighted by molar-refractivity contribution is 0.0696. The smallest absolute Gasteiger partial charge is 0.337 e. The molecule has 84 valence electrons. The molecule has 0 saturated carbocycles. The number of pyridine rings is 1. The molecule has 16 heavy (non-hydrogen) atoms. The monoisotopic (exact) mass is 218 g/mol. The molecular weight excluding hydrogens is 204 g/mol. The van der Waals surface area contributed by atoms with Crippen LogP contribution in [0, 0.1) is 0 Å². The molecule has 0 fully saturated rings. The van der Waals surface area contributed by atoms with Gasteiger partial charge in [0, 0.05) is 18.8 Å². The van der Waals surface area contributed by atoms with Gasteiger partial charge in [-0.05, 0) is 25.0 Å². The van der Waals surface area contributed by atoms with Crippen molar-refractivity contribution < 1.29 is 9.90 Å². The largest absolute Gasteiger partial charge is 0.478 e. The maximum Gasteiger partial charge on any atom is 0.337 e. The van der Waals surface area contributed by atoms with Gasteiger partial charge in [0.2, 0.25) is 0 Å². The lowest BCUT2D eigenvalue weighted by Crippen LogP contribution is -2.26. The van der Waals surface area contributed by atoms with Crippen LogP contribution in [0.3, 0.4) is 0 Å². The van der Waals surface area contributed by atoms with Gasteiger partial charge in [0.05, 0.1) is 11.3 Å². The second-order valence-electron chi connectivity index (χ2n) is 3.86. The molecule has 0 aromatic carbocycles. The van der Waals surface area contributed by atoms with E-state index in [1.807, 2.05) is 0 Å². The van der Waals surface area contributed by atoms with Crippen LogP contribution in [0.1, 0.15) is 28.9 Å². The SMILES string of the molecule is O=C(O)c1ccc(CNC2CC=CC2)nc1. The Kier molecular flexibility index (Phi) is 3.31. The highest BCUT2D eigenvalue weighted by Crippen LogP contribution is 2.10. The fourth-order valence-corrected chi connectivity index (χ4v) is 1.69. The minimum Gasteiger partial charge on any atom is -0.478 e. The third kappa shape index (κ3) is 2.67. The number of nitrogens with one attached hydrogen (secondary N) is 1. The van der Waals surface area contributed by atoms with Crippen molar-refractivity contribution in [3.05, 3.63) is 41.7 Å². The summed E-state index contributed by atoms with van der Waals surface area (Å²) in [6, 6.07) is 3.83. The molecule has 0 atom stereocenters. The van der Waals surface area contributed by atoms with Gasteiger partial charge >= 0.3 is 5.97 Å². The summed E-state index contributed by atoms with van der Waals surface area (Å²) < 4.78 is 0. The van der Waals surface area contributed by atoms with Gasteiger partial charge < -0.3 is 10.4 Å². The first kappa shape index (κ1) is 10.8. The van der Waals surface area contributed by atoms with Crippen LogP contribution in [0.2, 0.25) is 0 Å². The molecule has 1 aromatic rings. The summed E-state index contributed by atoms with van der Waals surface area (Å²) in [6.07, 6.45) is 7.85. The van der Waals surface area contributed by atoms with Crippen LogP contribution in [0.5, 0.6) is 0 Å². The molecule has 1 heterocycles. The van der Waals surface area contributed by atoms with E-state index < -0.39 is 5.97 Å². The van der Waals surface area contributed by atoms with Crippen LogP contribution in [-0.2, 0) is 6.54 Å². The van der Waals surface area contributed by atoms with Gasteiger partial charge in [-0.1, -0.05) is 12.2 Å². The zero-order valence-electron chi connectivity index (χ0n) is 8.89. The van der Waals surface area contributed by atoms with Crippen molar-refractivity contribution in [2.75, 3.05) is 0 Å². The summed E-state index contributed by atoms with van der Waals surface area (Å²) in [6.45, 7) is 0.687.